The molecule has 6 heterocycles. The standard InChI is InChI=1S/C52H29N5O/c1-4-15-35-31(12-1)34-27-41-46(28-40(34)51(35)37-17-9-23-53-47(37)48-38(51)18-10-24-54-48)58-45-22-8-5-16-36(45)52(41)39-19-11-25-55-49(39)50-42(52)26-30(29-56-50)57-43-20-6-2-13-32(43)33-14-3-7-21-44(33)57/h1-29H. The highest BCUT2D eigenvalue weighted by atomic mass is 16.5. The Hall–Kier alpha value is -7.70. The molecular formula is C52H29N5O. The molecule has 1 unspecified atom stereocenters. The van der Waals surface area contributed by atoms with Crippen LogP contribution in [0, 0.1) is 0 Å². The summed E-state index contributed by atoms with van der Waals surface area (Å²) in [4.78, 5) is 20.3. The molecule has 5 aromatic carbocycles. The second kappa shape index (κ2) is 10.6. The van der Waals surface area contributed by atoms with E-state index in [9.17, 15) is 0 Å². The van der Waals surface area contributed by atoms with Gasteiger partial charge in [0.15, 0.2) is 0 Å². The van der Waals surface area contributed by atoms with Crippen LogP contribution < -0.4 is 4.74 Å². The number of hydrogen-bond donors (Lipinski definition) is 0. The monoisotopic (exact) mass is 739 g/mol. The van der Waals surface area contributed by atoms with Crippen LogP contribution in [0.1, 0.15) is 44.5 Å². The lowest BCUT2D eigenvalue weighted by molar-refractivity contribution is 0.435. The Morgan fingerprint density at radius 3 is 1.59 bits per heavy atom. The second-order valence-electron chi connectivity index (χ2n) is 15.7. The van der Waals surface area contributed by atoms with Crippen LogP contribution in [0.3, 0.4) is 0 Å². The van der Waals surface area contributed by atoms with Crippen LogP contribution in [0.2, 0.25) is 0 Å². The van der Waals surface area contributed by atoms with E-state index in [2.05, 4.69) is 144 Å². The van der Waals surface area contributed by atoms with Gasteiger partial charge in [0.05, 0.1) is 56.5 Å². The molecule has 14 rings (SSSR count). The number of fused-ring (bicyclic) bond motifs is 22. The van der Waals surface area contributed by atoms with Crippen molar-refractivity contribution >= 4 is 21.8 Å². The van der Waals surface area contributed by atoms with Crippen molar-refractivity contribution < 1.29 is 4.74 Å². The third-order valence-corrected chi connectivity index (χ3v) is 13.3. The summed E-state index contributed by atoms with van der Waals surface area (Å²) in [6, 6.07) is 54.6. The summed E-state index contributed by atoms with van der Waals surface area (Å²) in [5.74, 6) is 1.64. The van der Waals surface area contributed by atoms with E-state index < -0.39 is 10.8 Å². The van der Waals surface area contributed by atoms with Crippen molar-refractivity contribution in [1.82, 2.24) is 24.5 Å². The summed E-state index contributed by atoms with van der Waals surface area (Å²) in [5.41, 5.74) is 16.9. The molecule has 0 N–H and O–H groups in total. The number of nitrogens with zero attached hydrogens (tertiary/aromatic N) is 5. The first-order chi connectivity index (χ1) is 28.8. The lowest BCUT2D eigenvalue weighted by Gasteiger charge is -2.40. The number of pyridine rings is 4. The summed E-state index contributed by atoms with van der Waals surface area (Å²) in [6.07, 6.45) is 7.65. The van der Waals surface area contributed by atoms with Gasteiger partial charge in [0.1, 0.15) is 11.5 Å². The quantitative estimate of drug-likeness (QED) is 0.168. The summed E-state index contributed by atoms with van der Waals surface area (Å²) in [5, 5.41) is 2.42. The largest absolute Gasteiger partial charge is 0.457 e. The molecule has 0 saturated heterocycles. The van der Waals surface area contributed by atoms with Gasteiger partial charge >= 0.3 is 0 Å². The van der Waals surface area contributed by atoms with Gasteiger partial charge in [-0.2, -0.15) is 0 Å². The maximum atomic E-state index is 7.14. The molecule has 4 aliphatic rings. The number of ether oxygens (including phenoxy) is 1. The first kappa shape index (κ1) is 30.5. The summed E-state index contributed by atoms with van der Waals surface area (Å²) < 4.78 is 9.49. The smallest absolute Gasteiger partial charge is 0.132 e. The van der Waals surface area contributed by atoms with E-state index in [1.807, 2.05) is 36.9 Å². The molecule has 1 aliphatic heterocycles. The highest BCUT2D eigenvalue weighted by Crippen LogP contribution is 2.67. The topological polar surface area (TPSA) is 65.7 Å². The maximum absolute atomic E-state index is 7.14. The van der Waals surface area contributed by atoms with Crippen molar-refractivity contribution in [1.29, 1.82) is 0 Å². The SMILES string of the molecule is c1ccc2c(c1)Oc1cc3c(cc1C21c2cccnc2-c2ncc(-n4c5ccccc5c5ccccc54)cc21)-c1ccccc1C31c2cccnc2-c2ncccc21. The van der Waals surface area contributed by atoms with Crippen molar-refractivity contribution in [2.75, 3.05) is 0 Å². The van der Waals surface area contributed by atoms with E-state index in [1.54, 1.807) is 0 Å². The van der Waals surface area contributed by atoms with Crippen molar-refractivity contribution in [2.24, 2.45) is 0 Å². The zero-order chi connectivity index (χ0) is 37.7. The fraction of sp³-hybridized carbons (Fsp3) is 0.0385. The van der Waals surface area contributed by atoms with Crippen LogP contribution in [-0.2, 0) is 10.8 Å². The first-order valence-electron chi connectivity index (χ1n) is 19.7. The Labute approximate surface area is 332 Å². The molecular weight excluding hydrogens is 711 g/mol. The summed E-state index contributed by atoms with van der Waals surface area (Å²) in [6.45, 7) is 0. The Morgan fingerprint density at radius 1 is 0.379 bits per heavy atom. The van der Waals surface area contributed by atoms with Crippen molar-refractivity contribution in [2.45, 2.75) is 10.8 Å². The molecule has 10 aromatic rings. The molecule has 2 spiro atoms. The maximum Gasteiger partial charge on any atom is 0.132 e. The van der Waals surface area contributed by atoms with Crippen LogP contribution in [-0.4, -0.2) is 24.5 Å². The minimum Gasteiger partial charge on any atom is -0.457 e. The van der Waals surface area contributed by atoms with Crippen LogP contribution in [0.25, 0.3) is 61.4 Å². The van der Waals surface area contributed by atoms with Crippen LogP contribution in [0.5, 0.6) is 11.5 Å². The molecule has 1 atom stereocenters. The molecule has 0 fully saturated rings. The van der Waals surface area contributed by atoms with Gasteiger partial charge in [-0.15, -0.1) is 0 Å². The average molecular weight is 740 g/mol. The molecule has 268 valence electrons. The number of rotatable bonds is 1. The van der Waals surface area contributed by atoms with Gasteiger partial charge in [0.2, 0.25) is 0 Å². The first-order valence-corrected chi connectivity index (χ1v) is 19.7. The molecule has 6 nitrogen and oxygen atoms in total. The van der Waals surface area contributed by atoms with Crippen LogP contribution in [0.15, 0.2) is 176 Å². The van der Waals surface area contributed by atoms with Gasteiger partial charge in [0.25, 0.3) is 0 Å². The Kier molecular flexibility index (Phi) is 5.56. The van der Waals surface area contributed by atoms with Crippen LogP contribution in [0.4, 0.5) is 0 Å². The minimum absolute atomic E-state index is 0.611. The van der Waals surface area contributed by atoms with E-state index in [0.717, 1.165) is 84.4 Å². The zero-order valence-electron chi connectivity index (χ0n) is 30.9. The highest BCUT2D eigenvalue weighted by molar-refractivity contribution is 6.09. The fourth-order valence-corrected chi connectivity index (χ4v) is 11.2. The number of para-hydroxylation sites is 3. The number of hydrogen-bond acceptors (Lipinski definition) is 5. The van der Waals surface area contributed by atoms with Crippen molar-refractivity contribution in [3.8, 4) is 51.1 Å². The molecule has 3 aliphatic carbocycles. The minimum atomic E-state index is -0.779. The normalized spacial score (nSPS) is 16.6. The molecule has 58 heavy (non-hydrogen) atoms. The van der Waals surface area contributed by atoms with Gasteiger partial charge in [-0.25, -0.2) is 0 Å². The van der Waals surface area contributed by atoms with Gasteiger partial charge in [-0.3, -0.25) is 19.9 Å². The molecule has 6 heteroatoms. The predicted molar refractivity (Wildman–Crippen MR) is 226 cm³/mol. The Bertz CT molecular complexity index is 3380. The van der Waals surface area contributed by atoms with Gasteiger partial charge < -0.3 is 9.30 Å². The fourth-order valence-electron chi connectivity index (χ4n) is 11.2. The lowest BCUT2D eigenvalue weighted by Crippen LogP contribution is -2.33. The number of benzene rings is 5. The molecule has 0 saturated carbocycles. The highest BCUT2D eigenvalue weighted by Gasteiger charge is 2.57. The average Bonchev–Trinajstić information content (AvgIpc) is 3.97. The van der Waals surface area contributed by atoms with Crippen LogP contribution >= 0.6 is 0 Å². The third kappa shape index (κ3) is 3.40. The lowest BCUT2D eigenvalue weighted by atomic mass is 9.65. The van der Waals surface area contributed by atoms with Crippen molar-refractivity contribution in [3.63, 3.8) is 0 Å². The molecule has 5 aromatic heterocycles. The zero-order valence-corrected chi connectivity index (χ0v) is 30.9. The molecule has 0 amide bonds. The Balaban J connectivity index is 1.11. The summed E-state index contributed by atoms with van der Waals surface area (Å²) in [7, 11) is 0. The van der Waals surface area contributed by atoms with Gasteiger partial charge in [-0.1, -0.05) is 97.1 Å². The Morgan fingerprint density at radius 2 is 0.914 bits per heavy atom. The third-order valence-electron chi connectivity index (χ3n) is 13.3. The van der Waals surface area contributed by atoms with E-state index in [0.29, 0.717) is 0 Å². The summed E-state index contributed by atoms with van der Waals surface area (Å²) >= 11 is 0. The van der Waals surface area contributed by atoms with Crippen molar-refractivity contribution in [3.05, 3.63) is 221 Å². The number of aromatic nitrogens is 5. The van der Waals surface area contributed by atoms with Gasteiger partial charge in [0, 0.05) is 46.1 Å². The molecule has 0 bridgehead atoms. The predicted octanol–water partition coefficient (Wildman–Crippen LogP) is 11.2. The van der Waals surface area contributed by atoms with E-state index in [4.69, 9.17) is 24.7 Å². The van der Waals surface area contributed by atoms with Gasteiger partial charge in [-0.05, 0) is 93.5 Å². The second-order valence-corrected chi connectivity index (χ2v) is 15.7. The van der Waals surface area contributed by atoms with E-state index in [-0.39, 0.29) is 0 Å². The molecule has 0 radical (unpaired) electrons. The van der Waals surface area contributed by atoms with E-state index >= 15 is 0 Å². The van der Waals surface area contributed by atoms with E-state index in [1.165, 1.54) is 33.0 Å².